The van der Waals surface area contributed by atoms with Crippen LogP contribution in [0, 0.1) is 11.2 Å². The van der Waals surface area contributed by atoms with E-state index in [4.69, 9.17) is 9.15 Å². The van der Waals surface area contributed by atoms with E-state index >= 15 is 0 Å². The topological polar surface area (TPSA) is 139 Å². The highest BCUT2D eigenvalue weighted by molar-refractivity contribution is 5.82. The number of nitrogens with zero attached hydrogens (tertiary/aromatic N) is 3. The van der Waals surface area contributed by atoms with E-state index in [1.807, 2.05) is 33.8 Å². The van der Waals surface area contributed by atoms with Crippen molar-refractivity contribution in [2.24, 2.45) is 5.41 Å². The van der Waals surface area contributed by atoms with Crippen molar-refractivity contribution in [2.45, 2.75) is 78.2 Å². The Balaban J connectivity index is 1.63. The molecule has 3 aromatic rings. The van der Waals surface area contributed by atoms with E-state index in [0.29, 0.717) is 18.4 Å². The Morgan fingerprint density at radius 3 is 2.54 bits per heavy atom. The van der Waals surface area contributed by atoms with Gasteiger partial charge in [0.25, 0.3) is 5.91 Å². The van der Waals surface area contributed by atoms with Gasteiger partial charge >= 0.3 is 6.09 Å². The van der Waals surface area contributed by atoms with Crippen LogP contribution in [0.3, 0.4) is 0 Å². The molecule has 1 aromatic carbocycles. The minimum absolute atomic E-state index is 0.138. The van der Waals surface area contributed by atoms with Gasteiger partial charge in [-0.1, -0.05) is 46.6 Å². The SMILES string of the molecule is CCCC[C@H](NC(=O)OC(Cc1nnc(-c2ccc(F)cc2)o1)C(C)(C)C)[C@H](O)C(=O)NCc1cccnc1. The summed E-state index contributed by atoms with van der Waals surface area (Å²) < 4.78 is 24.7. The van der Waals surface area contributed by atoms with Crippen LogP contribution in [0.4, 0.5) is 9.18 Å². The van der Waals surface area contributed by atoms with Crippen molar-refractivity contribution >= 4 is 12.0 Å². The molecular formula is C28H36FN5O5. The summed E-state index contributed by atoms with van der Waals surface area (Å²) in [6.45, 7) is 7.88. The highest BCUT2D eigenvalue weighted by atomic mass is 19.1. The summed E-state index contributed by atoms with van der Waals surface area (Å²) in [7, 11) is 0. The first-order valence-corrected chi connectivity index (χ1v) is 13.0. The van der Waals surface area contributed by atoms with Gasteiger partial charge in [-0.05, 0) is 47.7 Å². The lowest BCUT2D eigenvalue weighted by atomic mass is 9.87. The summed E-state index contributed by atoms with van der Waals surface area (Å²) in [4.78, 5) is 29.6. The van der Waals surface area contributed by atoms with E-state index in [1.165, 1.54) is 24.3 Å². The molecule has 0 radical (unpaired) electrons. The number of amides is 2. The number of unbranched alkanes of at least 4 members (excludes halogenated alkanes) is 1. The Morgan fingerprint density at radius 2 is 1.90 bits per heavy atom. The molecule has 39 heavy (non-hydrogen) atoms. The van der Waals surface area contributed by atoms with E-state index in [-0.39, 0.29) is 30.6 Å². The number of aliphatic hydroxyl groups excluding tert-OH is 1. The van der Waals surface area contributed by atoms with Crippen LogP contribution in [0.1, 0.15) is 58.4 Å². The Hall–Kier alpha value is -3.86. The van der Waals surface area contributed by atoms with E-state index in [1.54, 1.807) is 18.5 Å². The molecule has 3 rings (SSSR count). The average molecular weight is 542 g/mol. The molecule has 2 amide bonds. The van der Waals surface area contributed by atoms with Crippen molar-refractivity contribution in [3.8, 4) is 11.5 Å². The zero-order chi connectivity index (χ0) is 28.4. The summed E-state index contributed by atoms with van der Waals surface area (Å²) in [5.41, 5.74) is 0.850. The molecule has 2 aromatic heterocycles. The molecule has 3 atom stereocenters. The zero-order valence-corrected chi connectivity index (χ0v) is 22.7. The summed E-state index contributed by atoms with van der Waals surface area (Å²) in [5.74, 6) is -0.507. The molecule has 0 saturated carbocycles. The fourth-order valence-electron chi connectivity index (χ4n) is 3.76. The number of benzene rings is 1. The highest BCUT2D eigenvalue weighted by Crippen LogP contribution is 2.27. The molecule has 0 aliphatic heterocycles. The van der Waals surface area contributed by atoms with Gasteiger partial charge in [0, 0.05) is 24.5 Å². The van der Waals surface area contributed by atoms with Crippen molar-refractivity contribution in [3.05, 3.63) is 66.1 Å². The van der Waals surface area contributed by atoms with Crippen LogP contribution < -0.4 is 10.6 Å². The third-order valence-electron chi connectivity index (χ3n) is 6.14. The van der Waals surface area contributed by atoms with E-state index in [9.17, 15) is 19.1 Å². The molecule has 0 spiro atoms. The van der Waals surface area contributed by atoms with Gasteiger partial charge in [-0.25, -0.2) is 9.18 Å². The second-order valence-electron chi connectivity index (χ2n) is 10.4. The number of carbonyl (C=O) groups is 2. The summed E-state index contributed by atoms with van der Waals surface area (Å²) in [5, 5.41) is 24.2. The molecule has 3 N–H and O–H groups in total. The largest absolute Gasteiger partial charge is 0.445 e. The van der Waals surface area contributed by atoms with Gasteiger partial charge in [-0.15, -0.1) is 10.2 Å². The van der Waals surface area contributed by atoms with Gasteiger partial charge in [-0.2, -0.15) is 0 Å². The number of halogens is 1. The first-order valence-electron chi connectivity index (χ1n) is 13.0. The number of aromatic nitrogens is 3. The number of rotatable bonds is 12. The first-order chi connectivity index (χ1) is 18.6. The quantitative estimate of drug-likeness (QED) is 0.310. The first kappa shape index (κ1) is 29.7. The number of hydrogen-bond donors (Lipinski definition) is 3. The predicted octanol–water partition coefficient (Wildman–Crippen LogP) is 4.19. The van der Waals surface area contributed by atoms with Gasteiger partial charge < -0.3 is 24.9 Å². The molecule has 0 aliphatic carbocycles. The Labute approximate surface area is 227 Å². The van der Waals surface area contributed by atoms with Crippen molar-refractivity contribution in [2.75, 3.05) is 0 Å². The predicted molar refractivity (Wildman–Crippen MR) is 142 cm³/mol. The van der Waals surface area contributed by atoms with Gasteiger partial charge in [0.15, 0.2) is 6.10 Å². The van der Waals surface area contributed by atoms with Crippen molar-refractivity contribution < 1.29 is 28.2 Å². The molecule has 0 aliphatic rings. The number of pyridine rings is 1. The molecule has 2 heterocycles. The number of carbonyl (C=O) groups excluding carboxylic acids is 2. The molecule has 0 fully saturated rings. The van der Waals surface area contributed by atoms with Crippen LogP contribution in [0.15, 0.2) is 53.2 Å². The lowest BCUT2D eigenvalue weighted by Gasteiger charge is -2.31. The number of ether oxygens (including phenoxy) is 1. The average Bonchev–Trinajstić information content (AvgIpc) is 3.38. The summed E-state index contributed by atoms with van der Waals surface area (Å²) in [6, 6.07) is 8.38. The fraction of sp³-hybridized carbons (Fsp3) is 0.464. The molecule has 0 bridgehead atoms. The molecule has 1 unspecified atom stereocenters. The van der Waals surface area contributed by atoms with Gasteiger partial charge in [0.1, 0.15) is 11.9 Å². The number of aliphatic hydroxyl groups is 1. The minimum atomic E-state index is -1.47. The van der Waals surface area contributed by atoms with Gasteiger partial charge in [0.2, 0.25) is 11.8 Å². The third-order valence-corrected chi connectivity index (χ3v) is 6.14. The van der Waals surface area contributed by atoms with Crippen molar-refractivity contribution in [3.63, 3.8) is 0 Å². The maximum atomic E-state index is 13.2. The van der Waals surface area contributed by atoms with Crippen molar-refractivity contribution in [1.29, 1.82) is 0 Å². The van der Waals surface area contributed by atoms with Gasteiger partial charge in [-0.3, -0.25) is 9.78 Å². The number of hydrogen-bond acceptors (Lipinski definition) is 8. The molecular weight excluding hydrogens is 505 g/mol. The second-order valence-corrected chi connectivity index (χ2v) is 10.4. The van der Waals surface area contributed by atoms with Gasteiger partial charge in [0.05, 0.1) is 12.5 Å². The fourth-order valence-corrected chi connectivity index (χ4v) is 3.76. The third kappa shape index (κ3) is 9.13. The monoisotopic (exact) mass is 541 g/mol. The minimum Gasteiger partial charge on any atom is -0.445 e. The lowest BCUT2D eigenvalue weighted by Crippen LogP contribution is -2.51. The smallest absolute Gasteiger partial charge is 0.407 e. The Bertz CT molecular complexity index is 1200. The number of nitrogens with one attached hydrogen (secondary N) is 2. The summed E-state index contributed by atoms with van der Waals surface area (Å²) in [6.07, 6.45) is 2.37. The lowest BCUT2D eigenvalue weighted by molar-refractivity contribution is -0.131. The van der Waals surface area contributed by atoms with Crippen LogP contribution in [0.2, 0.25) is 0 Å². The Kier molecular flexibility index (Phi) is 10.5. The molecule has 10 nitrogen and oxygen atoms in total. The van der Waals surface area contributed by atoms with E-state index < -0.39 is 35.7 Å². The maximum Gasteiger partial charge on any atom is 0.407 e. The summed E-state index contributed by atoms with van der Waals surface area (Å²) >= 11 is 0. The standard InChI is InChI=1S/C28H36FN5O5/c1-5-6-9-21(24(35)25(36)31-17-18-8-7-14-30-16-18)32-27(37)38-22(28(2,3)4)15-23-33-34-26(39-23)19-10-12-20(29)13-11-19/h7-8,10-14,16,21-22,24,35H,5-6,9,15,17H2,1-4H3,(H,31,36)(H,32,37)/t21-,22?,24-/m0/s1. The second kappa shape index (κ2) is 13.8. The van der Waals surface area contributed by atoms with E-state index in [2.05, 4.69) is 25.8 Å². The normalized spacial score (nSPS) is 13.8. The van der Waals surface area contributed by atoms with E-state index in [0.717, 1.165) is 12.0 Å². The van der Waals surface area contributed by atoms with Crippen LogP contribution in [-0.4, -0.2) is 50.5 Å². The Morgan fingerprint density at radius 1 is 1.15 bits per heavy atom. The van der Waals surface area contributed by atoms with Crippen LogP contribution in [0.25, 0.3) is 11.5 Å². The molecule has 210 valence electrons. The zero-order valence-electron chi connectivity index (χ0n) is 22.7. The van der Waals surface area contributed by atoms with Crippen LogP contribution >= 0.6 is 0 Å². The van der Waals surface area contributed by atoms with Crippen LogP contribution in [0.5, 0.6) is 0 Å². The highest BCUT2D eigenvalue weighted by Gasteiger charge is 2.33. The number of alkyl carbamates (subject to hydrolysis) is 1. The van der Waals surface area contributed by atoms with Crippen molar-refractivity contribution in [1.82, 2.24) is 25.8 Å². The van der Waals surface area contributed by atoms with Crippen LogP contribution in [-0.2, 0) is 22.5 Å². The maximum absolute atomic E-state index is 13.2. The molecule has 0 saturated heterocycles. The molecule has 11 heteroatoms.